The highest BCUT2D eigenvalue weighted by Gasteiger charge is 2.17. The van der Waals surface area contributed by atoms with Crippen LogP contribution in [-0.4, -0.2) is 19.2 Å². The van der Waals surface area contributed by atoms with Crippen LogP contribution in [0.3, 0.4) is 0 Å². The Morgan fingerprint density at radius 2 is 2.57 bits per heavy atom. The summed E-state index contributed by atoms with van der Waals surface area (Å²) in [5, 5.41) is 5.47. The molecule has 0 bridgehead atoms. The number of rotatable bonds is 3. The van der Waals surface area contributed by atoms with E-state index in [1.54, 1.807) is 11.3 Å². The van der Waals surface area contributed by atoms with Gasteiger partial charge in [0, 0.05) is 11.4 Å². The van der Waals surface area contributed by atoms with Gasteiger partial charge < -0.3 is 10.1 Å². The van der Waals surface area contributed by atoms with Crippen LogP contribution in [0.5, 0.6) is 0 Å². The van der Waals surface area contributed by atoms with Crippen molar-refractivity contribution in [3.63, 3.8) is 0 Å². The molecule has 0 spiro atoms. The van der Waals surface area contributed by atoms with Crippen LogP contribution in [0.4, 0.5) is 0 Å². The van der Waals surface area contributed by atoms with E-state index >= 15 is 0 Å². The third-order valence-electron chi connectivity index (χ3n) is 2.59. The zero-order valence-electron chi connectivity index (χ0n) is 8.53. The maximum absolute atomic E-state index is 5.98. The number of thiophene rings is 1. The molecule has 2 nitrogen and oxygen atoms in total. The van der Waals surface area contributed by atoms with E-state index in [0.29, 0.717) is 6.10 Å². The summed E-state index contributed by atoms with van der Waals surface area (Å²) in [6, 6.07) is 4.23. The summed E-state index contributed by atoms with van der Waals surface area (Å²) in [7, 11) is 0. The number of ether oxygens (including phenoxy) is 1. The van der Waals surface area contributed by atoms with Crippen LogP contribution in [0.25, 0.3) is 0 Å². The Morgan fingerprint density at radius 1 is 1.64 bits per heavy atom. The molecule has 14 heavy (non-hydrogen) atoms. The van der Waals surface area contributed by atoms with Crippen molar-refractivity contribution in [3.8, 4) is 0 Å². The minimum Gasteiger partial charge on any atom is -0.368 e. The summed E-state index contributed by atoms with van der Waals surface area (Å²) in [4.78, 5) is 1.33. The summed E-state index contributed by atoms with van der Waals surface area (Å²) < 4.78 is 5.98. The fourth-order valence-electron chi connectivity index (χ4n) is 1.81. The third kappa shape index (κ3) is 2.56. The second-order valence-corrected chi connectivity index (χ2v) is 4.74. The molecule has 78 valence electrons. The molecule has 2 heterocycles. The predicted molar refractivity (Wildman–Crippen MR) is 59.7 cm³/mol. The molecule has 1 fully saturated rings. The summed E-state index contributed by atoms with van der Waals surface area (Å²) in [6.07, 6.45) is 3.09. The fourth-order valence-corrected chi connectivity index (χ4v) is 2.53. The molecule has 1 N–H and O–H groups in total. The first-order chi connectivity index (χ1) is 6.86. The lowest BCUT2D eigenvalue weighted by Gasteiger charge is -2.26. The molecule has 1 aromatic heterocycles. The molecule has 0 aliphatic carbocycles. The topological polar surface area (TPSA) is 21.3 Å². The normalized spacial score (nSPS) is 24.8. The molecule has 2 rings (SSSR count). The summed E-state index contributed by atoms with van der Waals surface area (Å²) in [6.45, 7) is 4.30. The van der Waals surface area contributed by atoms with Gasteiger partial charge >= 0.3 is 0 Å². The van der Waals surface area contributed by atoms with Gasteiger partial charge in [-0.25, -0.2) is 0 Å². The summed E-state index contributed by atoms with van der Waals surface area (Å²) in [5.74, 6) is 0. The third-order valence-corrected chi connectivity index (χ3v) is 3.63. The second-order valence-electron chi connectivity index (χ2n) is 3.76. The smallest absolute Gasteiger partial charge is 0.0893 e. The lowest BCUT2D eigenvalue weighted by molar-refractivity contribution is -0.0133. The molecule has 0 amide bonds. The van der Waals surface area contributed by atoms with Crippen LogP contribution in [0.2, 0.25) is 0 Å². The first-order valence-electron chi connectivity index (χ1n) is 5.26. The highest BCUT2D eigenvalue weighted by atomic mass is 32.1. The zero-order valence-corrected chi connectivity index (χ0v) is 9.35. The van der Waals surface area contributed by atoms with Gasteiger partial charge in [0.1, 0.15) is 0 Å². The predicted octanol–water partition coefficient (Wildman–Crippen LogP) is 2.58. The van der Waals surface area contributed by atoms with Gasteiger partial charge in [0.05, 0.1) is 12.2 Å². The van der Waals surface area contributed by atoms with Crippen molar-refractivity contribution in [3.05, 3.63) is 22.4 Å². The van der Waals surface area contributed by atoms with Crippen molar-refractivity contribution in [1.29, 1.82) is 0 Å². The van der Waals surface area contributed by atoms with Gasteiger partial charge in [-0.2, -0.15) is 0 Å². The molecule has 1 aliphatic rings. The summed E-state index contributed by atoms with van der Waals surface area (Å²) >= 11 is 1.77. The van der Waals surface area contributed by atoms with Crippen molar-refractivity contribution < 1.29 is 4.74 Å². The van der Waals surface area contributed by atoms with Gasteiger partial charge in [-0.15, -0.1) is 11.3 Å². The molecular formula is C11H17NOS. The molecule has 1 aromatic rings. The number of nitrogens with one attached hydrogen (secondary N) is 1. The van der Waals surface area contributed by atoms with Gasteiger partial charge in [-0.05, 0) is 37.8 Å². The molecule has 1 saturated heterocycles. The number of hydrogen-bond acceptors (Lipinski definition) is 3. The molecule has 3 heteroatoms. The molecule has 2 atom stereocenters. The van der Waals surface area contributed by atoms with E-state index < -0.39 is 0 Å². The second kappa shape index (κ2) is 4.91. The Morgan fingerprint density at radius 3 is 3.21 bits per heavy atom. The van der Waals surface area contributed by atoms with Gasteiger partial charge in [0.15, 0.2) is 0 Å². The quantitative estimate of drug-likeness (QED) is 0.829. The van der Waals surface area contributed by atoms with Gasteiger partial charge in [-0.1, -0.05) is 6.07 Å². The first kappa shape index (κ1) is 10.1. The molecular weight excluding hydrogens is 194 g/mol. The van der Waals surface area contributed by atoms with Crippen LogP contribution >= 0.6 is 11.3 Å². The maximum Gasteiger partial charge on any atom is 0.0893 e. The largest absolute Gasteiger partial charge is 0.368 e. The molecule has 1 aliphatic heterocycles. The van der Waals surface area contributed by atoms with Crippen LogP contribution in [0, 0.1) is 0 Å². The standard InChI is InChI=1S/C11H17NOS/c1-9(11-5-3-7-14-11)13-10-4-2-6-12-8-10/h3,5,7,9-10,12H,2,4,6,8H2,1H3/t9?,10-/m0/s1. The zero-order chi connectivity index (χ0) is 9.80. The molecule has 0 aromatic carbocycles. The van der Waals surface area contributed by atoms with Crippen LogP contribution in [0.1, 0.15) is 30.7 Å². The minimum absolute atomic E-state index is 0.250. The van der Waals surface area contributed by atoms with Crippen molar-refractivity contribution in [1.82, 2.24) is 5.32 Å². The molecule has 0 radical (unpaired) electrons. The molecule has 0 saturated carbocycles. The highest BCUT2D eigenvalue weighted by molar-refractivity contribution is 7.10. The number of piperidine rings is 1. The Kier molecular flexibility index (Phi) is 3.56. The Labute approximate surface area is 89.3 Å². The monoisotopic (exact) mass is 211 g/mol. The van der Waals surface area contributed by atoms with E-state index in [1.807, 2.05) is 0 Å². The van der Waals surface area contributed by atoms with Gasteiger partial charge in [0.25, 0.3) is 0 Å². The van der Waals surface area contributed by atoms with Crippen molar-refractivity contribution in [2.75, 3.05) is 13.1 Å². The Balaban J connectivity index is 1.84. The van der Waals surface area contributed by atoms with Crippen molar-refractivity contribution in [2.24, 2.45) is 0 Å². The Hall–Kier alpha value is -0.380. The van der Waals surface area contributed by atoms with Gasteiger partial charge in [0.2, 0.25) is 0 Å². The lowest BCUT2D eigenvalue weighted by atomic mass is 10.1. The van der Waals surface area contributed by atoms with E-state index in [1.165, 1.54) is 17.7 Å². The average Bonchev–Trinajstić information content (AvgIpc) is 2.72. The van der Waals surface area contributed by atoms with Crippen molar-refractivity contribution in [2.45, 2.75) is 32.0 Å². The van der Waals surface area contributed by atoms with Crippen LogP contribution in [-0.2, 0) is 4.74 Å². The Bertz CT molecular complexity index is 254. The van der Waals surface area contributed by atoms with E-state index in [4.69, 9.17) is 4.74 Å². The van der Waals surface area contributed by atoms with Crippen LogP contribution < -0.4 is 5.32 Å². The van der Waals surface area contributed by atoms with Gasteiger partial charge in [-0.3, -0.25) is 0 Å². The average molecular weight is 211 g/mol. The molecule has 1 unspecified atom stereocenters. The highest BCUT2D eigenvalue weighted by Crippen LogP contribution is 2.24. The summed E-state index contributed by atoms with van der Waals surface area (Å²) in [5.41, 5.74) is 0. The first-order valence-corrected chi connectivity index (χ1v) is 6.14. The van der Waals surface area contributed by atoms with E-state index in [0.717, 1.165) is 13.1 Å². The lowest BCUT2D eigenvalue weighted by Crippen LogP contribution is -2.35. The van der Waals surface area contributed by atoms with E-state index in [2.05, 4.69) is 29.8 Å². The van der Waals surface area contributed by atoms with Crippen molar-refractivity contribution >= 4 is 11.3 Å². The minimum atomic E-state index is 0.250. The van der Waals surface area contributed by atoms with E-state index in [9.17, 15) is 0 Å². The number of hydrogen-bond donors (Lipinski definition) is 1. The van der Waals surface area contributed by atoms with E-state index in [-0.39, 0.29) is 6.10 Å². The van der Waals surface area contributed by atoms with Crippen LogP contribution in [0.15, 0.2) is 17.5 Å². The maximum atomic E-state index is 5.98. The SMILES string of the molecule is CC(O[C@H]1CCCNC1)c1cccs1. The fraction of sp³-hybridized carbons (Fsp3) is 0.636.